The second-order valence-electron chi connectivity index (χ2n) is 9.44. The van der Waals surface area contributed by atoms with E-state index in [4.69, 9.17) is 4.74 Å². The molecule has 0 aliphatic carbocycles. The third kappa shape index (κ3) is 5.43. The van der Waals surface area contributed by atoms with E-state index < -0.39 is 47.2 Å². The third-order valence-electron chi connectivity index (χ3n) is 7.06. The quantitative estimate of drug-likeness (QED) is 0.433. The van der Waals surface area contributed by atoms with Gasteiger partial charge in [0.1, 0.15) is 42.9 Å². The summed E-state index contributed by atoms with van der Waals surface area (Å²) in [6.07, 6.45) is 3.96. The molecule has 3 heterocycles. The number of ether oxygens (including phenoxy) is 1. The summed E-state index contributed by atoms with van der Waals surface area (Å²) in [6.45, 7) is 0.715. The Balaban J connectivity index is 1.51. The summed E-state index contributed by atoms with van der Waals surface area (Å²) in [5.41, 5.74) is 1.28. The van der Waals surface area contributed by atoms with Gasteiger partial charge in [-0.2, -0.15) is 0 Å². The lowest BCUT2D eigenvalue weighted by Gasteiger charge is -2.45. The van der Waals surface area contributed by atoms with Crippen LogP contribution in [0.15, 0.2) is 52.9 Å². The summed E-state index contributed by atoms with van der Waals surface area (Å²) in [4.78, 5) is 5.67. The third-order valence-corrected chi connectivity index (χ3v) is 11.3. The molecule has 2 aliphatic rings. The summed E-state index contributed by atoms with van der Waals surface area (Å²) in [5, 5.41) is 1.48. The highest BCUT2D eigenvalue weighted by Crippen LogP contribution is 2.45. The molecule has 5 rings (SSSR count). The monoisotopic (exact) mass is 568 g/mol. The van der Waals surface area contributed by atoms with Gasteiger partial charge in [0, 0.05) is 54.5 Å². The summed E-state index contributed by atoms with van der Waals surface area (Å²) in [7, 11) is -7.29. The molecule has 2 aliphatic heterocycles. The van der Waals surface area contributed by atoms with Gasteiger partial charge in [0.05, 0.1) is 11.9 Å². The van der Waals surface area contributed by atoms with Crippen LogP contribution < -0.4 is 4.74 Å². The SMILES string of the molecule is CS(=O)(=O)[C@@H]1CCN([C@H]2CCOc3cc(S(=O)(=O)Cc4nccs4)c(F)cc32)[C@H](c2ccc(F)cc2)C1. The number of nitrogens with zero attached hydrogens (tertiary/aromatic N) is 2. The average Bonchev–Trinajstić information content (AvgIpc) is 3.35. The largest absolute Gasteiger partial charge is 0.493 e. The van der Waals surface area contributed by atoms with Crippen LogP contribution in [-0.4, -0.2) is 51.4 Å². The topological polar surface area (TPSA) is 93.6 Å². The molecular weight excluding hydrogens is 542 g/mol. The molecule has 0 amide bonds. The van der Waals surface area contributed by atoms with Gasteiger partial charge in [-0.15, -0.1) is 11.3 Å². The summed E-state index contributed by atoms with van der Waals surface area (Å²) < 4.78 is 85.4. The Morgan fingerprint density at radius 1 is 1.08 bits per heavy atom. The zero-order valence-corrected chi connectivity index (χ0v) is 22.5. The van der Waals surface area contributed by atoms with Crippen molar-refractivity contribution >= 4 is 31.0 Å². The molecule has 0 unspecified atom stereocenters. The number of likely N-dealkylation sites (tertiary alicyclic amines) is 1. The van der Waals surface area contributed by atoms with Crippen LogP contribution in [0, 0.1) is 11.6 Å². The van der Waals surface area contributed by atoms with Crippen LogP contribution in [-0.2, 0) is 25.4 Å². The fraction of sp³-hybridized carbons (Fsp3) is 0.400. The number of thiazole rings is 1. The smallest absolute Gasteiger partial charge is 0.187 e. The Hall–Kier alpha value is -2.41. The average molecular weight is 569 g/mol. The maximum Gasteiger partial charge on any atom is 0.187 e. The van der Waals surface area contributed by atoms with Gasteiger partial charge in [-0.05, 0) is 36.6 Å². The molecule has 0 bridgehead atoms. The molecule has 12 heteroatoms. The summed E-state index contributed by atoms with van der Waals surface area (Å²) in [6, 6.07) is 7.77. The lowest BCUT2D eigenvalue weighted by atomic mass is 9.89. The molecule has 3 aromatic rings. The number of sulfone groups is 2. The van der Waals surface area contributed by atoms with E-state index in [1.807, 2.05) is 0 Å². The zero-order chi connectivity index (χ0) is 26.4. The lowest BCUT2D eigenvalue weighted by Crippen LogP contribution is -2.44. The first-order chi connectivity index (χ1) is 17.5. The van der Waals surface area contributed by atoms with E-state index in [1.54, 1.807) is 17.5 Å². The Kier molecular flexibility index (Phi) is 7.12. The Labute approximate surface area is 218 Å². The molecule has 0 radical (unpaired) electrons. The maximum absolute atomic E-state index is 15.3. The fourth-order valence-corrected chi connectivity index (χ4v) is 8.65. The molecule has 1 saturated heterocycles. The predicted octanol–water partition coefficient (Wildman–Crippen LogP) is 4.47. The van der Waals surface area contributed by atoms with Gasteiger partial charge in [0.2, 0.25) is 0 Å². The normalized spacial score (nSPS) is 22.8. The fourth-order valence-electron chi connectivity index (χ4n) is 5.24. The second kappa shape index (κ2) is 10.0. The molecule has 2 aromatic carbocycles. The molecule has 0 N–H and O–H groups in total. The molecule has 198 valence electrons. The highest BCUT2D eigenvalue weighted by molar-refractivity contribution is 7.91. The maximum atomic E-state index is 15.3. The van der Waals surface area contributed by atoms with Crippen molar-refractivity contribution in [2.45, 2.75) is 47.2 Å². The Morgan fingerprint density at radius 3 is 2.51 bits per heavy atom. The van der Waals surface area contributed by atoms with Crippen LogP contribution >= 0.6 is 11.3 Å². The number of fused-ring (bicyclic) bond motifs is 1. The van der Waals surface area contributed by atoms with Crippen molar-refractivity contribution in [1.82, 2.24) is 9.88 Å². The van der Waals surface area contributed by atoms with Gasteiger partial charge in [0.15, 0.2) is 9.84 Å². The number of benzene rings is 2. The van der Waals surface area contributed by atoms with Gasteiger partial charge < -0.3 is 4.74 Å². The van der Waals surface area contributed by atoms with Gasteiger partial charge in [-0.25, -0.2) is 30.6 Å². The van der Waals surface area contributed by atoms with Gasteiger partial charge in [-0.3, -0.25) is 4.90 Å². The first-order valence-corrected chi connectivity index (χ1v) is 16.3. The zero-order valence-electron chi connectivity index (χ0n) is 20.0. The van der Waals surface area contributed by atoms with Crippen LogP contribution in [0.3, 0.4) is 0 Å². The van der Waals surface area contributed by atoms with E-state index in [0.717, 1.165) is 5.56 Å². The molecule has 0 saturated carbocycles. The summed E-state index contributed by atoms with van der Waals surface area (Å²) >= 11 is 1.18. The highest BCUT2D eigenvalue weighted by atomic mass is 32.2. The van der Waals surface area contributed by atoms with Crippen molar-refractivity contribution in [1.29, 1.82) is 0 Å². The van der Waals surface area contributed by atoms with Crippen LogP contribution in [0.25, 0.3) is 0 Å². The molecule has 1 aromatic heterocycles. The Bertz CT molecular complexity index is 1490. The number of piperidine rings is 1. The molecular formula is C25H26F2N2O5S3. The van der Waals surface area contributed by atoms with E-state index >= 15 is 4.39 Å². The van der Waals surface area contributed by atoms with Crippen molar-refractivity contribution in [3.63, 3.8) is 0 Å². The second-order valence-corrected chi connectivity index (χ2v) is 14.7. The van der Waals surface area contributed by atoms with Crippen LogP contribution in [0.1, 0.15) is 47.5 Å². The Morgan fingerprint density at radius 2 is 1.84 bits per heavy atom. The number of hydrogen-bond acceptors (Lipinski definition) is 8. The highest BCUT2D eigenvalue weighted by Gasteiger charge is 2.40. The lowest BCUT2D eigenvalue weighted by molar-refractivity contribution is 0.0677. The minimum atomic E-state index is -3.99. The van der Waals surface area contributed by atoms with Crippen molar-refractivity contribution in [3.05, 3.63) is 75.7 Å². The van der Waals surface area contributed by atoms with E-state index in [2.05, 4.69) is 9.88 Å². The van der Waals surface area contributed by atoms with Crippen LogP contribution in [0.5, 0.6) is 5.75 Å². The predicted molar refractivity (Wildman–Crippen MR) is 136 cm³/mol. The minimum Gasteiger partial charge on any atom is -0.493 e. The van der Waals surface area contributed by atoms with Crippen molar-refractivity contribution in [3.8, 4) is 5.75 Å². The number of halogens is 2. The van der Waals surface area contributed by atoms with E-state index in [0.29, 0.717) is 42.1 Å². The summed E-state index contributed by atoms with van der Waals surface area (Å²) in [5.74, 6) is -1.38. The van der Waals surface area contributed by atoms with Crippen molar-refractivity contribution in [2.24, 2.45) is 0 Å². The number of rotatable bonds is 6. The molecule has 3 atom stereocenters. The van der Waals surface area contributed by atoms with E-state index in [9.17, 15) is 21.2 Å². The van der Waals surface area contributed by atoms with Gasteiger partial charge >= 0.3 is 0 Å². The van der Waals surface area contributed by atoms with Gasteiger partial charge in [0.25, 0.3) is 0 Å². The van der Waals surface area contributed by atoms with Crippen molar-refractivity contribution in [2.75, 3.05) is 19.4 Å². The van der Waals surface area contributed by atoms with Crippen LogP contribution in [0.2, 0.25) is 0 Å². The molecule has 37 heavy (non-hydrogen) atoms. The number of aromatic nitrogens is 1. The van der Waals surface area contributed by atoms with E-state index in [1.165, 1.54) is 48.1 Å². The number of hydrogen-bond donors (Lipinski definition) is 0. The standard InChI is InChI=1S/C25H26F2N2O5S3/c1-36(30,31)18-6-9-29(22(12-18)16-2-4-17(26)5-3-16)21-7-10-34-23-14-24(20(27)13-19(21)23)37(32,33)15-25-28-8-11-35-25/h2-5,8,11,13-14,18,21-22H,6-7,9-10,12,15H2,1H3/t18-,21+,22+/m1/s1. The van der Waals surface area contributed by atoms with Crippen LogP contribution in [0.4, 0.5) is 8.78 Å². The first kappa shape index (κ1) is 26.2. The van der Waals surface area contributed by atoms with Gasteiger partial charge in [-0.1, -0.05) is 12.1 Å². The minimum absolute atomic E-state index is 0.289. The van der Waals surface area contributed by atoms with E-state index in [-0.39, 0.29) is 18.7 Å². The molecule has 1 fully saturated rings. The van der Waals surface area contributed by atoms with Crippen molar-refractivity contribution < 1.29 is 30.4 Å². The first-order valence-electron chi connectivity index (χ1n) is 11.8. The molecule has 0 spiro atoms. The molecule has 7 nitrogen and oxygen atoms in total.